The van der Waals surface area contributed by atoms with E-state index in [-0.39, 0.29) is 26.6 Å². The van der Waals surface area contributed by atoms with Crippen LogP contribution in [-0.4, -0.2) is 28.5 Å². The van der Waals surface area contributed by atoms with Crippen LogP contribution in [0, 0.1) is 0 Å². The second-order valence-corrected chi connectivity index (χ2v) is 9.51. The molecule has 3 rings (SSSR count). The number of Topliss-reactive ketones (excluding diaryl/α,β-unsaturated/α-hetero) is 1. The highest BCUT2D eigenvalue weighted by molar-refractivity contribution is 8.00. The Labute approximate surface area is 217 Å². The number of ketones is 1. The van der Waals surface area contributed by atoms with Gasteiger partial charge in [-0.05, 0) is 42.5 Å². The minimum Gasteiger partial charge on any atom is -0.478 e. The molecule has 5 nitrogen and oxygen atoms in total. The third-order valence-corrected chi connectivity index (χ3v) is 7.38. The van der Waals surface area contributed by atoms with Crippen LogP contribution in [-0.2, 0) is 0 Å². The first-order chi connectivity index (χ1) is 15.6. The molecule has 170 valence electrons. The molecule has 0 saturated heterocycles. The molecule has 0 heterocycles. The molecule has 0 unspecified atom stereocenters. The summed E-state index contributed by atoms with van der Waals surface area (Å²) < 4.78 is 0. The number of halogens is 5. The number of aromatic carboxylic acids is 1. The quantitative estimate of drug-likeness (QED) is 0.132. The van der Waals surface area contributed by atoms with Crippen LogP contribution in [0.4, 0.5) is 5.69 Å². The number of benzene rings is 3. The van der Waals surface area contributed by atoms with Crippen LogP contribution >= 0.6 is 69.8 Å². The van der Waals surface area contributed by atoms with Crippen molar-refractivity contribution >= 4 is 93.1 Å². The molecule has 0 radical (unpaired) electrons. The Morgan fingerprint density at radius 1 is 0.818 bits per heavy atom. The van der Waals surface area contributed by atoms with Crippen LogP contribution in [0.1, 0.15) is 31.1 Å². The minimum absolute atomic E-state index is 0.0885. The molecule has 0 atom stereocenters. The first kappa shape index (κ1) is 25.7. The largest absolute Gasteiger partial charge is 0.478 e. The lowest BCUT2D eigenvalue weighted by molar-refractivity contribution is 0.0692. The first-order valence-corrected chi connectivity index (χ1v) is 11.9. The average molecular weight is 564 g/mol. The predicted octanol–water partition coefficient (Wildman–Crippen LogP) is 7.88. The van der Waals surface area contributed by atoms with E-state index in [1.807, 2.05) is 0 Å². The maximum Gasteiger partial charge on any atom is 0.338 e. The fourth-order valence-electron chi connectivity index (χ4n) is 2.77. The van der Waals surface area contributed by atoms with Gasteiger partial charge in [0.05, 0.1) is 37.0 Å². The van der Waals surface area contributed by atoms with Crippen molar-refractivity contribution in [3.05, 3.63) is 90.3 Å². The van der Waals surface area contributed by atoms with Crippen molar-refractivity contribution in [2.45, 2.75) is 4.90 Å². The highest BCUT2D eigenvalue weighted by Crippen LogP contribution is 2.41. The monoisotopic (exact) mass is 561 g/mol. The van der Waals surface area contributed by atoms with E-state index in [0.717, 1.165) is 0 Å². The topological polar surface area (TPSA) is 83.5 Å². The fraction of sp³-hybridized carbons (Fsp3) is 0.0455. The zero-order valence-corrected chi connectivity index (χ0v) is 20.9. The SMILES string of the molecule is O=C(CSc1cccc(NC(=O)c2c(Cl)c(Cl)c(Cl)c(Cl)c2C(=O)O)c1)c1ccc(Cl)cc1. The van der Waals surface area contributed by atoms with Crippen LogP contribution in [0.3, 0.4) is 0 Å². The summed E-state index contributed by atoms with van der Waals surface area (Å²) in [6.07, 6.45) is 0. The van der Waals surface area contributed by atoms with Crippen molar-refractivity contribution < 1.29 is 19.5 Å². The molecule has 2 N–H and O–H groups in total. The van der Waals surface area contributed by atoms with Crippen molar-refractivity contribution in [3.8, 4) is 0 Å². The summed E-state index contributed by atoms with van der Waals surface area (Å²) >= 11 is 31.1. The van der Waals surface area contributed by atoms with Crippen LogP contribution in [0.2, 0.25) is 25.1 Å². The zero-order chi connectivity index (χ0) is 24.3. The number of carboxylic acids is 1. The molecule has 0 aliphatic heterocycles. The maximum absolute atomic E-state index is 12.9. The fourth-order valence-corrected chi connectivity index (χ4v) is 4.77. The number of anilines is 1. The number of hydrogen-bond donors (Lipinski definition) is 2. The van der Waals surface area contributed by atoms with Gasteiger partial charge in [-0.2, -0.15) is 0 Å². The second kappa shape index (κ2) is 11.0. The van der Waals surface area contributed by atoms with Gasteiger partial charge in [-0.15, -0.1) is 11.8 Å². The highest BCUT2D eigenvalue weighted by atomic mass is 35.5. The second-order valence-electron chi connectivity index (χ2n) is 6.51. The van der Waals surface area contributed by atoms with Crippen molar-refractivity contribution in [1.29, 1.82) is 0 Å². The van der Waals surface area contributed by atoms with E-state index in [9.17, 15) is 19.5 Å². The van der Waals surface area contributed by atoms with Crippen molar-refractivity contribution in [2.75, 3.05) is 11.1 Å². The summed E-state index contributed by atoms with van der Waals surface area (Å²) in [4.78, 5) is 37.6. The smallest absolute Gasteiger partial charge is 0.338 e. The lowest BCUT2D eigenvalue weighted by atomic mass is 10.1. The molecule has 0 aliphatic carbocycles. The van der Waals surface area contributed by atoms with Crippen LogP contribution in [0.5, 0.6) is 0 Å². The van der Waals surface area contributed by atoms with Gasteiger partial charge in [0.1, 0.15) is 0 Å². The van der Waals surface area contributed by atoms with Gasteiger partial charge in [-0.25, -0.2) is 4.79 Å². The van der Waals surface area contributed by atoms with Gasteiger partial charge >= 0.3 is 5.97 Å². The molecular formula is C22H12Cl5NO4S. The van der Waals surface area contributed by atoms with Gasteiger partial charge in [-0.3, -0.25) is 9.59 Å². The summed E-state index contributed by atoms with van der Waals surface area (Å²) in [6.45, 7) is 0. The number of nitrogens with one attached hydrogen (secondary N) is 1. The zero-order valence-electron chi connectivity index (χ0n) is 16.3. The van der Waals surface area contributed by atoms with Crippen molar-refractivity contribution in [1.82, 2.24) is 0 Å². The molecule has 33 heavy (non-hydrogen) atoms. The number of rotatable bonds is 7. The summed E-state index contributed by atoms with van der Waals surface area (Å²) in [6, 6.07) is 13.2. The Bertz CT molecular complexity index is 1260. The first-order valence-electron chi connectivity index (χ1n) is 9.02. The Morgan fingerprint density at radius 2 is 1.42 bits per heavy atom. The van der Waals surface area contributed by atoms with Gasteiger partial charge in [0, 0.05) is 21.2 Å². The van der Waals surface area contributed by atoms with E-state index < -0.39 is 28.0 Å². The standard InChI is InChI=1S/C22H12Cl5NO4S/c23-11-6-4-10(5-7-11)14(29)9-33-13-3-1-2-12(8-13)28-21(30)15-16(22(31)32)18(25)20(27)19(26)17(15)24/h1-8H,9H2,(H,28,30)(H,31,32). The number of hydrogen-bond acceptors (Lipinski definition) is 4. The molecule has 0 saturated carbocycles. The Balaban J connectivity index is 1.79. The molecule has 1 amide bonds. The number of amides is 1. The van der Waals surface area contributed by atoms with Crippen molar-refractivity contribution in [3.63, 3.8) is 0 Å². The molecule has 0 aromatic heterocycles. The highest BCUT2D eigenvalue weighted by Gasteiger charge is 2.29. The Hall–Kier alpha value is -1.93. The van der Waals surface area contributed by atoms with E-state index >= 15 is 0 Å². The van der Waals surface area contributed by atoms with E-state index in [0.29, 0.717) is 21.2 Å². The number of thioether (sulfide) groups is 1. The molecule has 0 spiro atoms. The van der Waals surface area contributed by atoms with Gasteiger partial charge in [-0.1, -0.05) is 64.1 Å². The number of carbonyl (C=O) groups excluding carboxylic acids is 2. The van der Waals surface area contributed by atoms with Crippen molar-refractivity contribution in [2.24, 2.45) is 0 Å². The van der Waals surface area contributed by atoms with Gasteiger partial charge in [0.2, 0.25) is 0 Å². The van der Waals surface area contributed by atoms with Gasteiger partial charge in [0.25, 0.3) is 5.91 Å². The van der Waals surface area contributed by atoms with Crippen LogP contribution in [0.15, 0.2) is 53.4 Å². The van der Waals surface area contributed by atoms with Crippen LogP contribution < -0.4 is 5.32 Å². The lowest BCUT2D eigenvalue weighted by Gasteiger charge is -2.14. The maximum atomic E-state index is 12.9. The molecular weight excluding hydrogens is 552 g/mol. The summed E-state index contributed by atoms with van der Waals surface area (Å²) in [5.74, 6) is -2.25. The molecule has 0 bridgehead atoms. The normalized spacial score (nSPS) is 10.7. The third kappa shape index (κ3) is 5.96. The summed E-state index contributed by atoms with van der Waals surface area (Å²) in [7, 11) is 0. The predicted molar refractivity (Wildman–Crippen MR) is 134 cm³/mol. The lowest BCUT2D eigenvalue weighted by Crippen LogP contribution is -2.18. The molecule has 3 aromatic rings. The van der Waals surface area contributed by atoms with E-state index in [4.69, 9.17) is 58.0 Å². The van der Waals surface area contributed by atoms with Crippen LogP contribution in [0.25, 0.3) is 0 Å². The minimum atomic E-state index is -1.49. The average Bonchev–Trinajstić information content (AvgIpc) is 2.78. The third-order valence-electron chi connectivity index (χ3n) is 4.34. The van der Waals surface area contributed by atoms with E-state index in [2.05, 4.69) is 5.32 Å². The summed E-state index contributed by atoms with van der Waals surface area (Å²) in [5, 5.41) is 11.4. The molecule has 11 heteroatoms. The van der Waals surface area contributed by atoms with Gasteiger partial charge < -0.3 is 10.4 Å². The molecule has 0 fully saturated rings. The number of carboxylic acid groups (broad SMARTS) is 1. The van der Waals surface area contributed by atoms with Gasteiger partial charge in [0.15, 0.2) is 5.78 Å². The number of carbonyl (C=O) groups is 3. The summed E-state index contributed by atoms with van der Waals surface area (Å²) in [5.41, 5.74) is -0.102. The van der Waals surface area contributed by atoms with E-state index in [1.54, 1.807) is 48.5 Å². The van der Waals surface area contributed by atoms with E-state index in [1.165, 1.54) is 11.8 Å². The Morgan fingerprint density at radius 3 is 2.03 bits per heavy atom. The molecule has 3 aromatic carbocycles. The Kier molecular flexibility index (Phi) is 8.56. The molecule has 0 aliphatic rings.